The van der Waals surface area contributed by atoms with E-state index in [1.807, 2.05) is 61.9 Å². The van der Waals surface area contributed by atoms with Crippen LogP contribution in [0.15, 0.2) is 61.2 Å². The standard InChI is InChI=1S/C22H18N8/c1-29-11-10-18(28-29)22-21(17-7-9-20-24-14-25-30(20)13-17)26-19(27-22)8-6-15-4-2-3-5-16(15)12-23/h2-5,7,9-11,13-14H,6,8H2,1H3,(H,26,27). The van der Waals surface area contributed by atoms with Crippen molar-refractivity contribution >= 4 is 5.65 Å². The predicted molar refractivity (Wildman–Crippen MR) is 111 cm³/mol. The third-order valence-corrected chi connectivity index (χ3v) is 5.04. The fraction of sp³-hybridized carbons (Fsp3) is 0.136. The van der Waals surface area contributed by atoms with E-state index in [1.165, 1.54) is 6.33 Å². The van der Waals surface area contributed by atoms with Gasteiger partial charge in [0, 0.05) is 31.4 Å². The topological polar surface area (TPSA) is 100 Å². The molecule has 0 aliphatic rings. The zero-order valence-corrected chi connectivity index (χ0v) is 16.3. The lowest BCUT2D eigenvalue weighted by atomic mass is 10.0. The van der Waals surface area contributed by atoms with E-state index in [9.17, 15) is 5.26 Å². The number of hydrogen-bond donors (Lipinski definition) is 1. The molecule has 0 fully saturated rings. The molecule has 5 aromatic rings. The van der Waals surface area contributed by atoms with E-state index in [0.717, 1.165) is 46.1 Å². The summed E-state index contributed by atoms with van der Waals surface area (Å²) in [6, 6.07) is 15.8. The summed E-state index contributed by atoms with van der Waals surface area (Å²) in [6.45, 7) is 0. The first-order chi connectivity index (χ1) is 14.7. The van der Waals surface area contributed by atoms with E-state index in [4.69, 9.17) is 4.98 Å². The summed E-state index contributed by atoms with van der Waals surface area (Å²) in [5.41, 5.74) is 5.92. The van der Waals surface area contributed by atoms with E-state index in [2.05, 4.69) is 26.2 Å². The van der Waals surface area contributed by atoms with Gasteiger partial charge in [0.25, 0.3) is 0 Å². The van der Waals surface area contributed by atoms with Gasteiger partial charge in [-0.3, -0.25) is 4.68 Å². The summed E-state index contributed by atoms with van der Waals surface area (Å²) < 4.78 is 3.50. The van der Waals surface area contributed by atoms with Crippen molar-refractivity contribution in [3.63, 3.8) is 0 Å². The zero-order chi connectivity index (χ0) is 20.5. The number of imidazole rings is 1. The van der Waals surface area contributed by atoms with Gasteiger partial charge in [-0.25, -0.2) is 14.5 Å². The zero-order valence-electron chi connectivity index (χ0n) is 16.3. The molecular formula is C22H18N8. The van der Waals surface area contributed by atoms with Crippen molar-refractivity contribution in [3.8, 4) is 28.7 Å². The molecule has 0 saturated carbocycles. The van der Waals surface area contributed by atoms with Crippen molar-refractivity contribution in [2.75, 3.05) is 0 Å². The summed E-state index contributed by atoms with van der Waals surface area (Å²) in [5, 5.41) is 18.1. The third-order valence-electron chi connectivity index (χ3n) is 5.04. The molecule has 30 heavy (non-hydrogen) atoms. The molecule has 0 bridgehead atoms. The van der Waals surface area contributed by atoms with Gasteiger partial charge < -0.3 is 4.98 Å². The van der Waals surface area contributed by atoms with Crippen LogP contribution in [-0.2, 0) is 19.9 Å². The highest BCUT2D eigenvalue weighted by molar-refractivity contribution is 5.76. The number of nitrogens with zero attached hydrogens (tertiary/aromatic N) is 7. The van der Waals surface area contributed by atoms with E-state index >= 15 is 0 Å². The molecule has 1 aromatic carbocycles. The predicted octanol–water partition coefficient (Wildman–Crippen LogP) is 3.18. The smallest absolute Gasteiger partial charge is 0.155 e. The fourth-order valence-corrected chi connectivity index (χ4v) is 3.54. The first kappa shape index (κ1) is 17.8. The highest BCUT2D eigenvalue weighted by Gasteiger charge is 2.17. The SMILES string of the molecule is Cn1ccc(-c2[nH]c(CCc3ccccc3C#N)nc2-c2ccc3ncnn3c2)n1. The van der Waals surface area contributed by atoms with Crippen molar-refractivity contribution in [1.82, 2.24) is 34.3 Å². The molecule has 0 aliphatic heterocycles. The second kappa shape index (κ2) is 7.29. The molecule has 0 aliphatic carbocycles. The molecule has 8 heteroatoms. The van der Waals surface area contributed by atoms with Crippen LogP contribution in [0, 0.1) is 11.3 Å². The number of H-pyrrole nitrogens is 1. The number of nitrogens with one attached hydrogen (secondary N) is 1. The highest BCUT2D eigenvalue weighted by Crippen LogP contribution is 2.29. The second-order valence-corrected chi connectivity index (χ2v) is 7.03. The van der Waals surface area contributed by atoms with Crippen LogP contribution < -0.4 is 0 Å². The maximum absolute atomic E-state index is 9.33. The number of benzene rings is 1. The largest absolute Gasteiger partial charge is 0.340 e. The number of fused-ring (bicyclic) bond motifs is 1. The molecule has 4 heterocycles. The van der Waals surface area contributed by atoms with Crippen molar-refractivity contribution in [2.45, 2.75) is 12.8 Å². The Kier molecular flexibility index (Phi) is 4.33. The first-order valence-corrected chi connectivity index (χ1v) is 9.58. The molecule has 0 amide bonds. The Morgan fingerprint density at radius 3 is 2.83 bits per heavy atom. The van der Waals surface area contributed by atoms with Gasteiger partial charge in [0.2, 0.25) is 0 Å². The maximum Gasteiger partial charge on any atom is 0.155 e. The van der Waals surface area contributed by atoms with Gasteiger partial charge in [-0.15, -0.1) is 0 Å². The monoisotopic (exact) mass is 394 g/mol. The van der Waals surface area contributed by atoms with Gasteiger partial charge in [-0.2, -0.15) is 15.5 Å². The molecule has 5 rings (SSSR count). The van der Waals surface area contributed by atoms with Gasteiger partial charge in [-0.1, -0.05) is 18.2 Å². The van der Waals surface area contributed by atoms with Crippen LogP contribution in [0.5, 0.6) is 0 Å². The summed E-state index contributed by atoms with van der Waals surface area (Å²) in [6.07, 6.45) is 6.76. The van der Waals surface area contributed by atoms with Crippen LogP contribution in [0.1, 0.15) is 17.0 Å². The lowest BCUT2D eigenvalue weighted by Crippen LogP contribution is -1.96. The van der Waals surface area contributed by atoms with Crippen molar-refractivity contribution < 1.29 is 0 Å². The van der Waals surface area contributed by atoms with Crippen LogP contribution in [0.2, 0.25) is 0 Å². The lowest BCUT2D eigenvalue weighted by Gasteiger charge is -2.01. The Morgan fingerprint density at radius 1 is 1.10 bits per heavy atom. The van der Waals surface area contributed by atoms with E-state index < -0.39 is 0 Å². The quantitative estimate of drug-likeness (QED) is 0.493. The number of aromatic nitrogens is 7. The summed E-state index contributed by atoms with van der Waals surface area (Å²) in [5.74, 6) is 0.845. The molecule has 0 unspecified atom stereocenters. The van der Waals surface area contributed by atoms with Gasteiger partial charge in [0.15, 0.2) is 5.65 Å². The molecule has 0 atom stereocenters. The number of nitriles is 1. The number of aromatic amines is 1. The molecule has 8 nitrogen and oxygen atoms in total. The minimum atomic E-state index is 0.685. The highest BCUT2D eigenvalue weighted by atomic mass is 15.3. The lowest BCUT2D eigenvalue weighted by molar-refractivity contribution is 0.770. The summed E-state index contributed by atoms with van der Waals surface area (Å²) in [7, 11) is 1.89. The minimum Gasteiger partial charge on any atom is -0.340 e. The Morgan fingerprint density at radius 2 is 2.00 bits per heavy atom. The maximum atomic E-state index is 9.33. The third kappa shape index (κ3) is 3.22. The van der Waals surface area contributed by atoms with Crippen LogP contribution in [-0.4, -0.2) is 34.3 Å². The Labute approximate surface area is 172 Å². The second-order valence-electron chi connectivity index (χ2n) is 7.03. The van der Waals surface area contributed by atoms with Crippen LogP contribution >= 0.6 is 0 Å². The van der Waals surface area contributed by atoms with Crippen molar-refractivity contribution in [3.05, 3.63) is 78.1 Å². The number of hydrogen-bond acceptors (Lipinski definition) is 5. The molecule has 0 saturated heterocycles. The molecule has 1 N–H and O–H groups in total. The van der Waals surface area contributed by atoms with Gasteiger partial charge in [-0.05, 0) is 36.2 Å². The first-order valence-electron chi connectivity index (χ1n) is 9.58. The average molecular weight is 394 g/mol. The summed E-state index contributed by atoms with van der Waals surface area (Å²) >= 11 is 0. The number of aryl methyl sites for hydroxylation is 3. The normalized spacial score (nSPS) is 11.1. The average Bonchev–Trinajstić information content (AvgIpc) is 3.51. The molecule has 0 radical (unpaired) electrons. The van der Waals surface area contributed by atoms with E-state index in [0.29, 0.717) is 12.0 Å². The van der Waals surface area contributed by atoms with Crippen LogP contribution in [0.25, 0.3) is 28.3 Å². The van der Waals surface area contributed by atoms with Crippen molar-refractivity contribution in [2.24, 2.45) is 7.05 Å². The van der Waals surface area contributed by atoms with E-state index in [-0.39, 0.29) is 0 Å². The Bertz CT molecular complexity index is 1380. The number of rotatable bonds is 5. The number of pyridine rings is 1. The molecule has 146 valence electrons. The van der Waals surface area contributed by atoms with Gasteiger partial charge in [0.1, 0.15) is 17.8 Å². The van der Waals surface area contributed by atoms with Crippen LogP contribution in [0.4, 0.5) is 0 Å². The van der Waals surface area contributed by atoms with Gasteiger partial charge >= 0.3 is 0 Å². The molecule has 0 spiro atoms. The van der Waals surface area contributed by atoms with E-state index in [1.54, 1.807) is 9.20 Å². The van der Waals surface area contributed by atoms with Gasteiger partial charge in [0.05, 0.1) is 23.0 Å². The Hall–Kier alpha value is -4.25. The summed E-state index contributed by atoms with van der Waals surface area (Å²) in [4.78, 5) is 12.5. The van der Waals surface area contributed by atoms with Crippen LogP contribution in [0.3, 0.4) is 0 Å². The molecule has 4 aromatic heterocycles. The fourth-order valence-electron chi connectivity index (χ4n) is 3.54. The minimum absolute atomic E-state index is 0.685. The Balaban J connectivity index is 1.54. The van der Waals surface area contributed by atoms with Crippen molar-refractivity contribution in [1.29, 1.82) is 5.26 Å². The molecular weight excluding hydrogens is 376 g/mol.